The number of halogens is 1. The zero-order valence-electron chi connectivity index (χ0n) is 17.3. The smallest absolute Gasteiger partial charge is 0.277 e. The lowest BCUT2D eigenvalue weighted by Gasteiger charge is -2.05. The molecule has 0 aliphatic rings. The van der Waals surface area contributed by atoms with E-state index in [0.29, 0.717) is 22.6 Å². The van der Waals surface area contributed by atoms with E-state index in [9.17, 15) is 0 Å². The van der Waals surface area contributed by atoms with Gasteiger partial charge in [-0.1, -0.05) is 84.0 Å². The van der Waals surface area contributed by atoms with Crippen LogP contribution in [0.3, 0.4) is 0 Å². The molecule has 0 saturated carbocycles. The molecule has 6 aromatic rings. The number of fused-ring (bicyclic) bond motifs is 3. The molecule has 1 N–H and O–H groups in total. The van der Waals surface area contributed by atoms with Gasteiger partial charge in [-0.3, -0.25) is 0 Å². The Morgan fingerprint density at radius 2 is 1.64 bits per heavy atom. The Morgan fingerprint density at radius 1 is 0.848 bits per heavy atom. The summed E-state index contributed by atoms with van der Waals surface area (Å²) in [5.41, 5.74) is 5.71. The van der Waals surface area contributed by atoms with Gasteiger partial charge in [0, 0.05) is 32.6 Å². The second-order valence-corrected chi connectivity index (χ2v) is 8.97. The Hall–Kier alpha value is -3.61. The van der Waals surface area contributed by atoms with Gasteiger partial charge in [-0.15, -0.1) is 10.2 Å². The number of nitrogens with one attached hydrogen (secondary N) is 1. The summed E-state index contributed by atoms with van der Waals surface area (Å²) in [6.45, 7) is 0. The molecule has 5 nitrogen and oxygen atoms in total. The number of aromatic amines is 1. The van der Waals surface area contributed by atoms with Crippen molar-refractivity contribution in [2.24, 2.45) is 0 Å². The predicted molar refractivity (Wildman–Crippen MR) is 133 cm³/mol. The van der Waals surface area contributed by atoms with Crippen molar-refractivity contribution in [3.8, 4) is 22.8 Å². The van der Waals surface area contributed by atoms with E-state index in [-0.39, 0.29) is 0 Å². The van der Waals surface area contributed by atoms with Crippen LogP contribution in [0.25, 0.3) is 44.6 Å². The van der Waals surface area contributed by atoms with Crippen LogP contribution in [0.4, 0.5) is 0 Å². The first-order valence-corrected chi connectivity index (χ1v) is 11.8. The summed E-state index contributed by atoms with van der Waals surface area (Å²) in [7, 11) is 0. The zero-order chi connectivity index (χ0) is 22.2. The van der Waals surface area contributed by atoms with E-state index in [1.54, 1.807) is 0 Å². The fourth-order valence-corrected chi connectivity index (χ4v) is 4.70. The quantitative estimate of drug-likeness (QED) is 0.267. The van der Waals surface area contributed by atoms with Gasteiger partial charge in [0.1, 0.15) is 5.69 Å². The summed E-state index contributed by atoms with van der Waals surface area (Å²) in [5.74, 6) is 1.11. The maximum atomic E-state index is 5.99. The first kappa shape index (κ1) is 20.0. The molecule has 7 heteroatoms. The van der Waals surface area contributed by atoms with Gasteiger partial charge < -0.3 is 9.40 Å². The first-order chi connectivity index (χ1) is 16.2. The predicted octanol–water partition coefficient (Wildman–Crippen LogP) is 7.38. The van der Waals surface area contributed by atoms with Crippen molar-refractivity contribution in [2.45, 2.75) is 11.0 Å². The van der Waals surface area contributed by atoms with Crippen molar-refractivity contribution >= 4 is 45.2 Å². The number of nitrogens with zero attached hydrogens (tertiary/aromatic N) is 3. The van der Waals surface area contributed by atoms with Gasteiger partial charge in [-0.2, -0.15) is 0 Å². The molecule has 0 unspecified atom stereocenters. The lowest BCUT2D eigenvalue weighted by atomic mass is 10.1. The third-order valence-electron chi connectivity index (χ3n) is 5.44. The fourth-order valence-electron chi connectivity index (χ4n) is 3.86. The van der Waals surface area contributed by atoms with Gasteiger partial charge >= 0.3 is 0 Å². The Balaban J connectivity index is 1.41. The third kappa shape index (κ3) is 3.88. The highest BCUT2D eigenvalue weighted by Crippen LogP contribution is 2.35. The minimum atomic E-state index is 0.401. The van der Waals surface area contributed by atoms with Gasteiger partial charge in [0.25, 0.3) is 11.1 Å². The Bertz CT molecular complexity index is 1580. The van der Waals surface area contributed by atoms with E-state index in [4.69, 9.17) is 21.0 Å². The molecule has 0 bridgehead atoms. The van der Waals surface area contributed by atoms with Crippen LogP contribution in [0, 0.1) is 0 Å². The van der Waals surface area contributed by atoms with E-state index in [1.807, 2.05) is 60.7 Å². The lowest BCUT2D eigenvalue weighted by Crippen LogP contribution is -1.90. The molecule has 0 atom stereocenters. The number of rotatable bonds is 5. The minimum Gasteiger partial charge on any atom is -0.410 e. The monoisotopic (exact) mass is 468 g/mol. The van der Waals surface area contributed by atoms with Gasteiger partial charge in [0.05, 0.1) is 11.2 Å². The van der Waals surface area contributed by atoms with Gasteiger partial charge in [-0.05, 0) is 29.8 Å². The highest BCUT2D eigenvalue weighted by Gasteiger charge is 2.17. The molecule has 0 saturated heterocycles. The summed E-state index contributed by atoms with van der Waals surface area (Å²) in [6.07, 6.45) is 0. The lowest BCUT2D eigenvalue weighted by molar-refractivity contribution is 0.464. The number of thioether (sulfide) groups is 1. The van der Waals surface area contributed by atoms with Crippen LogP contribution in [0.2, 0.25) is 5.02 Å². The molecule has 0 aliphatic heterocycles. The van der Waals surface area contributed by atoms with Crippen LogP contribution in [-0.4, -0.2) is 20.2 Å². The molecule has 6 rings (SSSR count). The van der Waals surface area contributed by atoms with Gasteiger partial charge in [-0.25, -0.2) is 4.98 Å². The van der Waals surface area contributed by atoms with Crippen LogP contribution in [0.15, 0.2) is 94.6 Å². The van der Waals surface area contributed by atoms with Crippen LogP contribution < -0.4 is 0 Å². The Kier molecular flexibility index (Phi) is 5.09. The number of hydrogen-bond donors (Lipinski definition) is 1. The number of aromatic nitrogens is 4. The molecular formula is C26H17ClN4OS. The number of pyridine rings is 1. The van der Waals surface area contributed by atoms with Crippen molar-refractivity contribution in [3.63, 3.8) is 0 Å². The number of hydrogen-bond acceptors (Lipinski definition) is 5. The topological polar surface area (TPSA) is 67.6 Å². The van der Waals surface area contributed by atoms with Crippen molar-refractivity contribution in [1.29, 1.82) is 0 Å². The Morgan fingerprint density at radius 3 is 2.48 bits per heavy atom. The van der Waals surface area contributed by atoms with Crippen molar-refractivity contribution in [3.05, 3.63) is 95.5 Å². The highest BCUT2D eigenvalue weighted by molar-refractivity contribution is 7.98. The highest BCUT2D eigenvalue weighted by atomic mass is 35.5. The standard InChI is InChI=1S/C26H17ClN4OS/c27-18-12-10-16(11-13-18)15-33-26-31-30-25(32-26)22-14-20-19-8-4-5-9-21(19)28-24(20)23(29-22)17-6-2-1-3-7-17/h1-14,28H,15H2. The molecular weight excluding hydrogens is 452 g/mol. The van der Waals surface area contributed by atoms with Crippen LogP contribution >= 0.6 is 23.4 Å². The van der Waals surface area contributed by atoms with E-state index < -0.39 is 0 Å². The zero-order valence-corrected chi connectivity index (χ0v) is 18.9. The summed E-state index contributed by atoms with van der Waals surface area (Å²) in [5, 5.41) is 11.9. The molecule has 3 aromatic heterocycles. The van der Waals surface area contributed by atoms with Gasteiger partial charge in [0.15, 0.2) is 0 Å². The van der Waals surface area contributed by atoms with E-state index >= 15 is 0 Å². The van der Waals surface area contributed by atoms with Crippen molar-refractivity contribution in [2.75, 3.05) is 0 Å². The maximum absolute atomic E-state index is 5.99. The largest absolute Gasteiger partial charge is 0.410 e. The SMILES string of the molecule is Clc1ccc(CSc2nnc(-c3cc4c([nH]c5ccccc54)c(-c4ccccc4)n3)o2)cc1. The molecule has 0 aliphatic carbocycles. The van der Waals surface area contributed by atoms with E-state index in [2.05, 4.69) is 39.4 Å². The first-order valence-electron chi connectivity index (χ1n) is 10.4. The summed E-state index contributed by atoms with van der Waals surface area (Å²) in [4.78, 5) is 8.46. The fraction of sp³-hybridized carbons (Fsp3) is 0.0385. The number of H-pyrrole nitrogens is 1. The molecule has 0 fully saturated rings. The van der Waals surface area contributed by atoms with Crippen LogP contribution in [-0.2, 0) is 5.75 Å². The van der Waals surface area contributed by atoms with Crippen molar-refractivity contribution < 1.29 is 4.42 Å². The molecule has 0 amide bonds. The molecule has 3 heterocycles. The van der Waals surface area contributed by atoms with Crippen LogP contribution in [0.1, 0.15) is 5.56 Å². The summed E-state index contributed by atoms with van der Waals surface area (Å²) in [6, 6.07) is 28.1. The van der Waals surface area contributed by atoms with Gasteiger partial charge in [0.2, 0.25) is 0 Å². The average molecular weight is 469 g/mol. The number of para-hydroxylation sites is 1. The summed E-state index contributed by atoms with van der Waals surface area (Å²) < 4.78 is 5.99. The minimum absolute atomic E-state index is 0.401. The molecule has 0 radical (unpaired) electrons. The normalized spacial score (nSPS) is 11.4. The third-order valence-corrected chi connectivity index (χ3v) is 6.59. The Labute approximate surface area is 198 Å². The second kappa shape index (κ2) is 8.39. The van der Waals surface area contributed by atoms with Crippen molar-refractivity contribution in [1.82, 2.24) is 20.2 Å². The molecule has 0 spiro atoms. The molecule has 33 heavy (non-hydrogen) atoms. The molecule has 3 aromatic carbocycles. The average Bonchev–Trinajstić information content (AvgIpc) is 3.48. The van der Waals surface area contributed by atoms with E-state index in [0.717, 1.165) is 43.6 Å². The van der Waals surface area contributed by atoms with E-state index in [1.165, 1.54) is 11.8 Å². The second-order valence-electron chi connectivity index (χ2n) is 7.60. The molecule has 160 valence electrons. The number of benzene rings is 3. The summed E-state index contributed by atoms with van der Waals surface area (Å²) >= 11 is 7.46. The maximum Gasteiger partial charge on any atom is 0.277 e. The van der Waals surface area contributed by atoms with Crippen LogP contribution in [0.5, 0.6) is 0 Å².